The Bertz CT molecular complexity index is 1710. The van der Waals surface area contributed by atoms with Gasteiger partial charge < -0.3 is 77.3 Å². The Morgan fingerprint density at radius 1 is 0.214 bits per heavy atom. The zero-order valence-electron chi connectivity index (χ0n) is 33.5. The minimum atomic E-state index is -0.321. The van der Waals surface area contributed by atoms with E-state index in [1.54, 1.807) is 0 Å². The Labute approximate surface area is 324 Å². The highest BCUT2D eigenvalue weighted by molar-refractivity contribution is 5.76. The Kier molecular flexibility index (Phi) is 12.1. The Morgan fingerprint density at radius 3 is 0.411 bits per heavy atom. The van der Waals surface area contributed by atoms with Crippen molar-refractivity contribution in [3.05, 3.63) is 44.5 Å². The molecular weight excluding hydrogens is 736 g/mol. The highest BCUT2D eigenvalue weighted by Gasteiger charge is 2.37. The summed E-state index contributed by atoms with van der Waals surface area (Å²) < 4.78 is 70.0. The molecule has 0 fully saturated rings. The number of fused-ring (bicyclic) bond motifs is 8. The molecule has 5 rings (SSSR count). The fraction of sp³-hybridized carbons (Fsp3) is 0.400. The number of benzene rings is 4. The van der Waals surface area contributed by atoms with Crippen LogP contribution in [0.4, 0.5) is 0 Å². The second-order valence-electron chi connectivity index (χ2n) is 12.3. The van der Waals surface area contributed by atoms with Crippen LogP contribution in [0, 0.1) is 0 Å². The first kappa shape index (κ1) is 40.9. The monoisotopic (exact) mass is 784 g/mol. The van der Waals surface area contributed by atoms with Crippen molar-refractivity contribution in [2.45, 2.75) is 25.7 Å². The molecule has 304 valence electrons. The van der Waals surface area contributed by atoms with Gasteiger partial charge in [-0.05, 0) is 0 Å². The summed E-state index contributed by atoms with van der Waals surface area (Å²) in [6.07, 6.45) is -0.979. The van der Waals surface area contributed by atoms with Crippen molar-refractivity contribution in [3.63, 3.8) is 0 Å². The standard InChI is InChI=1S/C40H48O16/c1-45-29-17-13-18-26(42)21(33(49-5)38(54-10)31(18)47-3)15-22-28(44)24(36(52-8)40(56-12)34(22)50-6)16-23-27(43)20(32(48-4)39(55-11)35(23)51-7)14-19(25(17)41)30(46-2)37(29)53-9/h41-44H,13-16H2,1-12H3. The second kappa shape index (κ2) is 16.6. The van der Waals surface area contributed by atoms with E-state index < -0.39 is 0 Å². The first-order chi connectivity index (χ1) is 27.0. The molecule has 4 aromatic carbocycles. The molecule has 16 nitrogen and oxygen atoms in total. The predicted molar refractivity (Wildman–Crippen MR) is 202 cm³/mol. The lowest BCUT2D eigenvalue weighted by atomic mass is 9.88. The maximum atomic E-state index is 12.3. The first-order valence-electron chi connectivity index (χ1n) is 17.1. The molecule has 4 N–H and O–H groups in total. The molecule has 0 aromatic heterocycles. The third kappa shape index (κ3) is 6.18. The van der Waals surface area contributed by atoms with Crippen LogP contribution >= 0.6 is 0 Å². The van der Waals surface area contributed by atoms with Crippen molar-refractivity contribution in [2.24, 2.45) is 0 Å². The number of aromatic hydroxyl groups is 4. The first-order valence-corrected chi connectivity index (χ1v) is 17.1. The van der Waals surface area contributed by atoms with Gasteiger partial charge in [0, 0.05) is 70.2 Å². The molecule has 0 saturated heterocycles. The average molecular weight is 785 g/mol. The van der Waals surface area contributed by atoms with Crippen molar-refractivity contribution >= 4 is 0 Å². The van der Waals surface area contributed by atoms with Gasteiger partial charge in [-0.2, -0.15) is 0 Å². The molecule has 0 aliphatic heterocycles. The average Bonchev–Trinajstić information content (AvgIpc) is 3.21. The van der Waals surface area contributed by atoms with E-state index in [0.717, 1.165) is 0 Å². The van der Waals surface area contributed by atoms with Crippen LogP contribution < -0.4 is 56.8 Å². The number of phenols is 4. The zero-order chi connectivity index (χ0) is 41.2. The molecule has 56 heavy (non-hydrogen) atoms. The van der Waals surface area contributed by atoms with E-state index in [1.165, 1.54) is 85.3 Å². The Morgan fingerprint density at radius 2 is 0.321 bits per heavy atom. The van der Waals surface area contributed by atoms with Gasteiger partial charge >= 0.3 is 0 Å². The van der Waals surface area contributed by atoms with Crippen LogP contribution in [0.3, 0.4) is 0 Å². The maximum Gasteiger partial charge on any atom is 0.204 e. The third-order valence-electron chi connectivity index (χ3n) is 9.99. The Balaban J connectivity index is 2.11. The van der Waals surface area contributed by atoms with E-state index in [1.807, 2.05) is 0 Å². The fourth-order valence-corrected chi connectivity index (χ4v) is 7.59. The zero-order valence-corrected chi connectivity index (χ0v) is 33.5. The van der Waals surface area contributed by atoms with E-state index >= 15 is 0 Å². The van der Waals surface area contributed by atoms with Crippen LogP contribution in [0.15, 0.2) is 0 Å². The molecule has 8 bridgehead atoms. The summed E-state index contributed by atoms with van der Waals surface area (Å²) in [7, 11) is 16.8. The van der Waals surface area contributed by atoms with Crippen molar-refractivity contribution in [2.75, 3.05) is 85.3 Å². The molecule has 0 radical (unpaired) electrons. The minimum Gasteiger partial charge on any atom is -0.507 e. The van der Waals surface area contributed by atoms with Gasteiger partial charge in [0.1, 0.15) is 23.0 Å². The van der Waals surface area contributed by atoms with Crippen molar-refractivity contribution < 1.29 is 77.3 Å². The fourth-order valence-electron chi connectivity index (χ4n) is 7.59. The minimum absolute atomic E-state index is 0.0811. The highest BCUT2D eigenvalue weighted by atomic mass is 16.6. The van der Waals surface area contributed by atoms with Crippen molar-refractivity contribution in [1.82, 2.24) is 0 Å². The van der Waals surface area contributed by atoms with Crippen molar-refractivity contribution in [3.8, 4) is 92.0 Å². The van der Waals surface area contributed by atoms with Crippen LogP contribution in [-0.4, -0.2) is 106 Å². The van der Waals surface area contributed by atoms with Gasteiger partial charge in [0.15, 0.2) is 46.0 Å². The molecule has 1 aliphatic carbocycles. The lowest BCUT2D eigenvalue weighted by Gasteiger charge is -2.27. The van der Waals surface area contributed by atoms with Crippen LogP contribution in [0.25, 0.3) is 0 Å². The lowest BCUT2D eigenvalue weighted by Crippen LogP contribution is -2.11. The van der Waals surface area contributed by atoms with E-state index in [0.29, 0.717) is 0 Å². The summed E-state index contributed by atoms with van der Waals surface area (Å²) >= 11 is 0. The number of phenolic OH excluding ortho intramolecular Hbond substituents is 4. The summed E-state index contributed by atoms with van der Waals surface area (Å²) in [4.78, 5) is 0. The molecule has 4 aromatic rings. The van der Waals surface area contributed by atoms with Crippen molar-refractivity contribution in [1.29, 1.82) is 0 Å². The second-order valence-corrected chi connectivity index (χ2v) is 12.3. The molecule has 16 heteroatoms. The van der Waals surface area contributed by atoms with Crippen LogP contribution in [0.5, 0.6) is 92.0 Å². The number of methoxy groups -OCH3 is 12. The number of hydrogen-bond acceptors (Lipinski definition) is 16. The topological polar surface area (TPSA) is 192 Å². The summed E-state index contributed by atoms with van der Waals surface area (Å²) in [6.45, 7) is 0. The molecule has 0 amide bonds. The van der Waals surface area contributed by atoms with Gasteiger partial charge in [-0.1, -0.05) is 0 Å². The highest BCUT2D eigenvalue weighted by Crippen LogP contribution is 2.59. The van der Waals surface area contributed by atoms with Crippen LogP contribution in [-0.2, 0) is 25.7 Å². The molecule has 1 aliphatic rings. The van der Waals surface area contributed by atoms with Gasteiger partial charge in [-0.3, -0.25) is 0 Å². The van der Waals surface area contributed by atoms with E-state index in [2.05, 4.69) is 0 Å². The molecule has 0 atom stereocenters. The third-order valence-corrected chi connectivity index (χ3v) is 9.99. The number of ether oxygens (including phenoxy) is 12. The number of rotatable bonds is 12. The van der Waals surface area contributed by atoms with E-state index in [9.17, 15) is 20.4 Å². The van der Waals surface area contributed by atoms with Crippen LogP contribution in [0.2, 0.25) is 0 Å². The lowest BCUT2D eigenvalue weighted by molar-refractivity contribution is 0.307. The molecule has 0 unspecified atom stereocenters. The van der Waals surface area contributed by atoms with Gasteiger partial charge in [0.25, 0.3) is 0 Å². The van der Waals surface area contributed by atoms with Gasteiger partial charge in [-0.15, -0.1) is 0 Å². The summed E-state index contributed by atoms with van der Waals surface area (Å²) in [5, 5.41) is 49.2. The van der Waals surface area contributed by atoms with Gasteiger partial charge in [-0.25, -0.2) is 0 Å². The van der Waals surface area contributed by atoms with Gasteiger partial charge in [0.2, 0.25) is 23.0 Å². The molecule has 0 saturated carbocycles. The largest absolute Gasteiger partial charge is 0.507 e. The van der Waals surface area contributed by atoms with Crippen LogP contribution in [0.1, 0.15) is 44.5 Å². The summed E-state index contributed by atoms with van der Waals surface area (Å²) in [6, 6.07) is 0. The number of hydrogen-bond donors (Lipinski definition) is 4. The molecular formula is C40H48O16. The summed E-state index contributed by atoms with van der Waals surface area (Å²) in [5.41, 5.74) is 1.16. The molecule has 0 spiro atoms. The van der Waals surface area contributed by atoms with E-state index in [-0.39, 0.29) is 162 Å². The smallest absolute Gasteiger partial charge is 0.204 e. The summed E-state index contributed by atoms with van der Waals surface area (Å²) in [5.74, 6) is -0.197. The maximum absolute atomic E-state index is 12.3. The van der Waals surface area contributed by atoms with E-state index in [4.69, 9.17) is 56.8 Å². The predicted octanol–water partition coefficient (Wildman–Crippen LogP) is 5.29. The SMILES string of the molecule is COc1c2c(O)c(c(OC)c1OC)Cc1c(O)c(c(OC)c(OC)c1OC)Cc1c(O)c(c(OC)c(OC)c1OC)Cc1c(O)c(c(OC)c(OC)c1OC)C2. The molecule has 0 heterocycles. The van der Waals surface area contributed by atoms with Gasteiger partial charge in [0.05, 0.1) is 85.3 Å². The normalized spacial score (nSPS) is 11.9. The Hall–Kier alpha value is -6.32. The quantitative estimate of drug-likeness (QED) is 0.128.